The van der Waals surface area contributed by atoms with Crippen molar-refractivity contribution in [1.29, 1.82) is 0 Å². The van der Waals surface area contributed by atoms with E-state index in [1.165, 1.54) is 16.7 Å². The smallest absolute Gasteiger partial charge is 0.407 e. The minimum Gasteiger partial charge on any atom is -0.465 e. The van der Waals surface area contributed by atoms with Gasteiger partial charge in [0.15, 0.2) is 6.29 Å². The molecule has 5 nitrogen and oxygen atoms in total. The first-order valence-corrected chi connectivity index (χ1v) is 11.8. The van der Waals surface area contributed by atoms with Gasteiger partial charge in [0, 0.05) is 26.4 Å². The lowest BCUT2D eigenvalue weighted by molar-refractivity contribution is 0.0799. The van der Waals surface area contributed by atoms with Crippen molar-refractivity contribution in [2.75, 3.05) is 6.54 Å². The van der Waals surface area contributed by atoms with Gasteiger partial charge in [0.1, 0.15) is 0 Å². The molecule has 3 rings (SSSR count). The fourth-order valence-electron chi connectivity index (χ4n) is 3.44. The second kappa shape index (κ2) is 11.6. The molecule has 0 aliphatic carbocycles. The lowest BCUT2D eigenvalue weighted by atomic mass is 10.0. The van der Waals surface area contributed by atoms with Gasteiger partial charge in [-0.2, -0.15) is 0 Å². The van der Waals surface area contributed by atoms with E-state index in [1.54, 1.807) is 36.4 Å². The zero-order chi connectivity index (χ0) is 24.0. The van der Waals surface area contributed by atoms with Crippen molar-refractivity contribution >= 4 is 47.3 Å². The molecule has 3 aromatic carbocycles. The van der Waals surface area contributed by atoms with Crippen LogP contribution in [0.1, 0.15) is 34.5 Å². The van der Waals surface area contributed by atoms with Crippen LogP contribution in [0.4, 0.5) is 4.79 Å². The molecule has 0 aliphatic heterocycles. The lowest BCUT2D eigenvalue weighted by Gasteiger charge is -2.29. The van der Waals surface area contributed by atoms with Crippen LogP contribution in [0.2, 0.25) is 10.0 Å². The molecule has 8 heteroatoms. The number of carbonyl (C=O) groups is 2. The summed E-state index contributed by atoms with van der Waals surface area (Å²) in [5, 5.41) is 21.1. The summed E-state index contributed by atoms with van der Waals surface area (Å²) in [6.45, 7) is 1.75. The molecule has 0 bridgehead atoms. The Bertz CT molecular complexity index is 1120. The Hall–Kier alpha value is -2.51. The number of amides is 1. The van der Waals surface area contributed by atoms with Crippen molar-refractivity contribution in [3.63, 3.8) is 0 Å². The number of hydrogen-bond donors (Lipinski definition) is 2. The molecule has 0 radical (unpaired) electrons. The van der Waals surface area contributed by atoms with Crippen molar-refractivity contribution in [3.8, 4) is 0 Å². The minimum absolute atomic E-state index is 0.0615. The van der Waals surface area contributed by atoms with Gasteiger partial charge in [-0.1, -0.05) is 65.3 Å². The Morgan fingerprint density at radius 1 is 1.09 bits per heavy atom. The van der Waals surface area contributed by atoms with E-state index >= 15 is 0 Å². The molecule has 0 aliphatic rings. The highest BCUT2D eigenvalue weighted by Crippen LogP contribution is 2.33. The first-order valence-electron chi connectivity index (χ1n) is 10.2. The number of hydrogen-bond acceptors (Lipinski definition) is 4. The van der Waals surface area contributed by atoms with Crippen LogP contribution in [0.5, 0.6) is 0 Å². The molecule has 0 fully saturated rings. The van der Waals surface area contributed by atoms with Gasteiger partial charge in [0.2, 0.25) is 0 Å². The molecule has 172 valence electrons. The van der Waals surface area contributed by atoms with E-state index in [0.29, 0.717) is 27.6 Å². The zero-order valence-corrected chi connectivity index (χ0v) is 20.1. The molecule has 3 aromatic rings. The Balaban J connectivity index is 1.67. The van der Waals surface area contributed by atoms with E-state index < -0.39 is 12.2 Å². The van der Waals surface area contributed by atoms with E-state index in [9.17, 15) is 19.8 Å². The van der Waals surface area contributed by atoms with E-state index in [2.05, 4.69) is 0 Å². The van der Waals surface area contributed by atoms with E-state index in [0.717, 1.165) is 21.6 Å². The van der Waals surface area contributed by atoms with Gasteiger partial charge >= 0.3 is 6.09 Å². The first-order chi connectivity index (χ1) is 15.8. The summed E-state index contributed by atoms with van der Waals surface area (Å²) in [5.41, 5.74) is 1.98. The minimum atomic E-state index is -1.10. The number of nitrogens with zero attached hydrogens (tertiary/aromatic N) is 1. The van der Waals surface area contributed by atoms with Crippen molar-refractivity contribution in [1.82, 2.24) is 4.90 Å². The molecule has 0 heterocycles. The molecule has 0 unspecified atom stereocenters. The number of carbonyl (C=O) groups excluding carboxylic acids is 1. The van der Waals surface area contributed by atoms with Gasteiger partial charge in [0.05, 0.1) is 17.7 Å². The Morgan fingerprint density at radius 2 is 1.79 bits per heavy atom. The summed E-state index contributed by atoms with van der Waals surface area (Å²) in [4.78, 5) is 26.1. The first kappa shape index (κ1) is 25.1. The maximum absolute atomic E-state index is 11.9. The second-order valence-electron chi connectivity index (χ2n) is 7.57. The molecule has 1 amide bonds. The van der Waals surface area contributed by atoms with Crippen molar-refractivity contribution in [2.45, 2.75) is 35.3 Å². The summed E-state index contributed by atoms with van der Waals surface area (Å²) < 4.78 is 0. The van der Waals surface area contributed by atoms with E-state index in [4.69, 9.17) is 23.2 Å². The molecular formula is C25H23Cl2NO4S. The molecule has 33 heavy (non-hydrogen) atoms. The van der Waals surface area contributed by atoms with Gasteiger partial charge < -0.3 is 15.1 Å². The number of aliphatic hydroxyl groups excluding tert-OH is 1. The second-order valence-corrected chi connectivity index (χ2v) is 9.53. The zero-order valence-electron chi connectivity index (χ0n) is 17.8. The van der Waals surface area contributed by atoms with Gasteiger partial charge in [-0.15, -0.1) is 0 Å². The Kier molecular flexibility index (Phi) is 8.80. The number of carboxylic acid groups (broad SMARTS) is 1. The van der Waals surface area contributed by atoms with Gasteiger partial charge in [0.25, 0.3) is 0 Å². The van der Waals surface area contributed by atoms with Crippen LogP contribution in [0.25, 0.3) is 0 Å². The van der Waals surface area contributed by atoms with Crippen LogP contribution in [0.15, 0.2) is 76.5 Å². The fraction of sp³-hybridized carbons (Fsp3) is 0.200. The standard InChI is InChI=1S/C25H23Cl2NO4S/c1-16(28(25(31)32)14-23(30)18-4-2-5-19(26)13-18)12-17-8-10-20(11-9-17)33-24-7-3-6-22(27)21(24)15-29/h2-11,13,15-16,23,30H,12,14H2,1H3,(H,31,32)/t16-,23-/m1/s1. The van der Waals surface area contributed by atoms with Crippen LogP contribution in [0, 0.1) is 0 Å². The van der Waals surface area contributed by atoms with E-state index in [-0.39, 0.29) is 12.6 Å². The highest BCUT2D eigenvalue weighted by molar-refractivity contribution is 7.99. The lowest BCUT2D eigenvalue weighted by Crippen LogP contribution is -2.41. The fourth-order valence-corrected chi connectivity index (χ4v) is 4.86. The summed E-state index contributed by atoms with van der Waals surface area (Å²) in [6.07, 6.45) is -0.848. The van der Waals surface area contributed by atoms with Crippen LogP contribution >= 0.6 is 35.0 Å². The quantitative estimate of drug-likeness (QED) is 0.321. The number of aldehydes is 1. The monoisotopic (exact) mass is 503 g/mol. The maximum atomic E-state index is 11.9. The number of aliphatic hydroxyl groups is 1. The summed E-state index contributed by atoms with van der Waals surface area (Å²) in [7, 11) is 0. The normalized spacial score (nSPS) is 12.7. The van der Waals surface area contributed by atoms with Crippen LogP contribution < -0.4 is 0 Å². The molecular weight excluding hydrogens is 481 g/mol. The predicted molar refractivity (Wildman–Crippen MR) is 132 cm³/mol. The largest absolute Gasteiger partial charge is 0.465 e. The van der Waals surface area contributed by atoms with Crippen molar-refractivity contribution in [2.24, 2.45) is 0 Å². The maximum Gasteiger partial charge on any atom is 0.407 e. The van der Waals surface area contributed by atoms with Crippen LogP contribution in [-0.2, 0) is 6.42 Å². The average molecular weight is 504 g/mol. The van der Waals surface area contributed by atoms with Gasteiger partial charge in [-0.3, -0.25) is 4.79 Å². The molecule has 0 aromatic heterocycles. The summed E-state index contributed by atoms with van der Waals surface area (Å²) >= 11 is 13.5. The molecule has 0 saturated heterocycles. The molecule has 2 atom stereocenters. The molecule has 0 saturated carbocycles. The third-order valence-electron chi connectivity index (χ3n) is 5.19. The Morgan fingerprint density at radius 3 is 2.42 bits per heavy atom. The number of rotatable bonds is 9. The van der Waals surface area contributed by atoms with Gasteiger partial charge in [-0.25, -0.2) is 4.79 Å². The number of benzene rings is 3. The van der Waals surface area contributed by atoms with Crippen molar-refractivity contribution < 1.29 is 19.8 Å². The van der Waals surface area contributed by atoms with Gasteiger partial charge in [-0.05, 0) is 60.9 Å². The topological polar surface area (TPSA) is 77.8 Å². The SMILES string of the molecule is C[C@H](Cc1ccc(Sc2cccc(Cl)c2C=O)cc1)N(C[C@@H](O)c1cccc(Cl)c1)C(=O)O. The summed E-state index contributed by atoms with van der Waals surface area (Å²) in [6, 6.07) is 19.4. The van der Waals surface area contributed by atoms with Crippen LogP contribution in [0.3, 0.4) is 0 Å². The van der Waals surface area contributed by atoms with Crippen LogP contribution in [-0.4, -0.2) is 40.1 Å². The average Bonchev–Trinajstić information content (AvgIpc) is 2.78. The highest BCUT2D eigenvalue weighted by Gasteiger charge is 2.23. The number of halogens is 2. The highest BCUT2D eigenvalue weighted by atomic mass is 35.5. The molecule has 0 spiro atoms. The summed E-state index contributed by atoms with van der Waals surface area (Å²) in [5.74, 6) is 0. The Labute approximate surface area is 207 Å². The van der Waals surface area contributed by atoms with Crippen molar-refractivity contribution in [3.05, 3.63) is 93.5 Å². The third kappa shape index (κ3) is 6.74. The predicted octanol–water partition coefficient (Wildman–Crippen LogP) is 6.60. The molecule has 2 N–H and O–H groups in total. The third-order valence-corrected chi connectivity index (χ3v) is 6.84. The van der Waals surface area contributed by atoms with E-state index in [1.807, 2.05) is 37.3 Å².